The third-order valence-corrected chi connectivity index (χ3v) is 4.32. The summed E-state index contributed by atoms with van der Waals surface area (Å²) in [5.41, 5.74) is 6.88. The molecule has 1 fully saturated rings. The molecule has 0 spiro atoms. The van der Waals surface area contributed by atoms with Crippen molar-refractivity contribution >= 4 is 15.9 Å². The fourth-order valence-corrected chi connectivity index (χ4v) is 2.18. The van der Waals surface area contributed by atoms with Crippen LogP contribution in [0.3, 0.4) is 0 Å². The quantitative estimate of drug-likeness (QED) is 0.877. The highest BCUT2D eigenvalue weighted by Crippen LogP contribution is 2.49. The van der Waals surface area contributed by atoms with Gasteiger partial charge in [0.15, 0.2) is 0 Å². The van der Waals surface area contributed by atoms with Crippen molar-refractivity contribution in [1.29, 1.82) is 0 Å². The van der Waals surface area contributed by atoms with Crippen molar-refractivity contribution in [3.8, 4) is 0 Å². The van der Waals surface area contributed by atoms with Crippen molar-refractivity contribution in [2.75, 3.05) is 0 Å². The standard InChI is InChI=1S/C12H15BrFN/c1-11(2,12(15)5-6-12)8-3-4-9(13)10(14)7-8/h3-4,7H,5-6,15H2,1-2H3. The van der Waals surface area contributed by atoms with Crippen LogP contribution < -0.4 is 5.73 Å². The molecule has 3 heteroatoms. The Morgan fingerprint density at radius 1 is 1.40 bits per heavy atom. The summed E-state index contributed by atoms with van der Waals surface area (Å²) >= 11 is 3.16. The van der Waals surface area contributed by atoms with Crippen LogP contribution in [0.2, 0.25) is 0 Å². The zero-order chi connectivity index (χ0) is 11.3. The molecule has 1 saturated carbocycles. The van der Waals surface area contributed by atoms with Gasteiger partial charge in [0.2, 0.25) is 0 Å². The molecule has 1 aromatic carbocycles. The van der Waals surface area contributed by atoms with E-state index in [1.807, 2.05) is 6.07 Å². The molecule has 82 valence electrons. The first-order valence-corrected chi connectivity index (χ1v) is 5.90. The van der Waals surface area contributed by atoms with Gasteiger partial charge in [-0.05, 0) is 46.5 Å². The highest BCUT2D eigenvalue weighted by Gasteiger charge is 2.51. The minimum Gasteiger partial charge on any atom is -0.324 e. The van der Waals surface area contributed by atoms with E-state index in [9.17, 15) is 4.39 Å². The average Bonchev–Trinajstić information content (AvgIpc) is 2.90. The highest BCUT2D eigenvalue weighted by molar-refractivity contribution is 9.10. The zero-order valence-corrected chi connectivity index (χ0v) is 10.6. The summed E-state index contributed by atoms with van der Waals surface area (Å²) in [7, 11) is 0. The monoisotopic (exact) mass is 271 g/mol. The van der Waals surface area contributed by atoms with Gasteiger partial charge in [-0.1, -0.05) is 19.9 Å². The van der Waals surface area contributed by atoms with Crippen LogP contribution in [0.15, 0.2) is 22.7 Å². The van der Waals surface area contributed by atoms with Gasteiger partial charge in [0.1, 0.15) is 5.82 Å². The molecule has 15 heavy (non-hydrogen) atoms. The van der Waals surface area contributed by atoms with Crippen molar-refractivity contribution in [3.63, 3.8) is 0 Å². The van der Waals surface area contributed by atoms with Crippen LogP contribution in [0.4, 0.5) is 4.39 Å². The first kappa shape index (κ1) is 11.1. The Balaban J connectivity index is 2.41. The Morgan fingerprint density at radius 2 is 2.00 bits per heavy atom. The third kappa shape index (κ3) is 1.72. The van der Waals surface area contributed by atoms with Crippen LogP contribution in [0.1, 0.15) is 32.3 Å². The first-order chi connectivity index (χ1) is 6.87. The Labute approximate surface area is 98.0 Å². The Morgan fingerprint density at radius 3 is 2.47 bits per heavy atom. The Kier molecular flexibility index (Phi) is 2.43. The maximum Gasteiger partial charge on any atom is 0.137 e. The second-order valence-electron chi connectivity index (χ2n) is 4.91. The molecule has 1 aliphatic carbocycles. The van der Waals surface area contributed by atoms with Crippen molar-refractivity contribution in [2.45, 2.75) is 37.6 Å². The lowest BCUT2D eigenvalue weighted by molar-refractivity contribution is 0.389. The summed E-state index contributed by atoms with van der Waals surface area (Å²) in [6.07, 6.45) is 2.05. The summed E-state index contributed by atoms with van der Waals surface area (Å²) in [6, 6.07) is 5.27. The minimum atomic E-state index is -0.218. The maximum atomic E-state index is 13.4. The fraction of sp³-hybridized carbons (Fsp3) is 0.500. The lowest BCUT2D eigenvalue weighted by Gasteiger charge is -2.32. The van der Waals surface area contributed by atoms with Crippen molar-refractivity contribution in [2.24, 2.45) is 5.73 Å². The molecule has 0 amide bonds. The fourth-order valence-electron chi connectivity index (χ4n) is 1.93. The molecule has 0 aromatic heterocycles. The second kappa shape index (κ2) is 3.29. The van der Waals surface area contributed by atoms with Crippen LogP contribution in [0.25, 0.3) is 0 Å². The van der Waals surface area contributed by atoms with E-state index in [0.717, 1.165) is 18.4 Å². The topological polar surface area (TPSA) is 26.0 Å². The lowest BCUT2D eigenvalue weighted by Crippen LogP contribution is -2.43. The van der Waals surface area contributed by atoms with Gasteiger partial charge < -0.3 is 5.73 Å². The third-order valence-electron chi connectivity index (χ3n) is 3.67. The summed E-state index contributed by atoms with van der Waals surface area (Å²) in [5.74, 6) is -0.218. The van der Waals surface area contributed by atoms with E-state index < -0.39 is 0 Å². The number of hydrogen-bond donors (Lipinski definition) is 1. The summed E-state index contributed by atoms with van der Waals surface area (Å²) in [6.45, 7) is 4.17. The largest absolute Gasteiger partial charge is 0.324 e. The summed E-state index contributed by atoms with van der Waals surface area (Å²) in [4.78, 5) is 0. The van der Waals surface area contributed by atoms with Gasteiger partial charge in [0.25, 0.3) is 0 Å². The van der Waals surface area contributed by atoms with Gasteiger partial charge >= 0.3 is 0 Å². The smallest absolute Gasteiger partial charge is 0.137 e. The van der Waals surface area contributed by atoms with Crippen molar-refractivity contribution in [3.05, 3.63) is 34.1 Å². The van der Waals surface area contributed by atoms with Gasteiger partial charge in [-0.2, -0.15) is 0 Å². The molecule has 1 aliphatic rings. The molecule has 1 aromatic rings. The van der Waals surface area contributed by atoms with Gasteiger partial charge in [0.05, 0.1) is 4.47 Å². The van der Waals surface area contributed by atoms with Crippen molar-refractivity contribution < 1.29 is 4.39 Å². The Bertz CT molecular complexity index is 397. The molecule has 0 aliphatic heterocycles. The summed E-state index contributed by atoms with van der Waals surface area (Å²) < 4.78 is 13.9. The molecule has 2 rings (SSSR count). The van der Waals surface area contributed by atoms with Crippen LogP contribution in [0, 0.1) is 5.82 Å². The summed E-state index contributed by atoms with van der Waals surface area (Å²) in [5, 5.41) is 0. The molecule has 0 radical (unpaired) electrons. The van der Waals surface area contributed by atoms with E-state index in [-0.39, 0.29) is 16.8 Å². The predicted molar refractivity (Wildman–Crippen MR) is 63.3 cm³/mol. The van der Waals surface area contributed by atoms with Crippen LogP contribution >= 0.6 is 15.9 Å². The van der Waals surface area contributed by atoms with E-state index in [0.29, 0.717) is 4.47 Å². The molecule has 0 unspecified atom stereocenters. The number of benzene rings is 1. The van der Waals surface area contributed by atoms with E-state index in [2.05, 4.69) is 29.8 Å². The Hall–Kier alpha value is -0.410. The number of nitrogens with two attached hydrogens (primary N) is 1. The van der Waals surface area contributed by atoms with Gasteiger partial charge in [-0.25, -0.2) is 4.39 Å². The molecular formula is C12H15BrFN. The van der Waals surface area contributed by atoms with Crippen LogP contribution in [-0.4, -0.2) is 5.54 Å². The van der Waals surface area contributed by atoms with Gasteiger partial charge in [-0.15, -0.1) is 0 Å². The maximum absolute atomic E-state index is 13.4. The molecule has 0 heterocycles. The number of halogens is 2. The molecule has 0 saturated heterocycles. The van der Waals surface area contributed by atoms with Gasteiger partial charge in [0, 0.05) is 11.0 Å². The van der Waals surface area contributed by atoms with E-state index in [1.54, 1.807) is 12.1 Å². The number of rotatable bonds is 2. The SMILES string of the molecule is CC(C)(c1ccc(Br)c(F)c1)C1(N)CC1. The molecular weight excluding hydrogens is 257 g/mol. The molecule has 0 atom stereocenters. The zero-order valence-electron chi connectivity index (χ0n) is 8.98. The molecule has 0 bridgehead atoms. The van der Waals surface area contributed by atoms with E-state index in [1.165, 1.54) is 0 Å². The van der Waals surface area contributed by atoms with Crippen molar-refractivity contribution in [1.82, 2.24) is 0 Å². The average molecular weight is 272 g/mol. The first-order valence-electron chi connectivity index (χ1n) is 5.11. The highest BCUT2D eigenvalue weighted by atomic mass is 79.9. The van der Waals surface area contributed by atoms with Crippen LogP contribution in [-0.2, 0) is 5.41 Å². The number of hydrogen-bond acceptors (Lipinski definition) is 1. The minimum absolute atomic E-state index is 0.146. The lowest BCUT2D eigenvalue weighted by atomic mass is 9.76. The molecule has 2 N–H and O–H groups in total. The second-order valence-corrected chi connectivity index (χ2v) is 5.76. The van der Waals surface area contributed by atoms with E-state index >= 15 is 0 Å². The predicted octanol–water partition coefficient (Wildman–Crippen LogP) is 3.36. The molecule has 1 nitrogen and oxygen atoms in total. The van der Waals surface area contributed by atoms with Gasteiger partial charge in [-0.3, -0.25) is 0 Å². The van der Waals surface area contributed by atoms with Crippen LogP contribution in [0.5, 0.6) is 0 Å². The van der Waals surface area contributed by atoms with E-state index in [4.69, 9.17) is 5.73 Å². The normalized spacial score (nSPS) is 19.0.